The van der Waals surface area contributed by atoms with Crippen molar-refractivity contribution < 1.29 is 19.4 Å². The first-order valence-corrected chi connectivity index (χ1v) is 11.2. The fourth-order valence-corrected chi connectivity index (χ4v) is 5.28. The molecule has 2 amide bonds. The third-order valence-corrected chi connectivity index (χ3v) is 6.80. The van der Waals surface area contributed by atoms with Crippen molar-refractivity contribution in [1.82, 2.24) is 9.80 Å². The average molecular weight is 535 g/mol. The number of amides is 2. The Bertz CT molecular complexity index is 1060. The number of nitrogens with zero attached hydrogens (tertiary/aromatic N) is 2. The van der Waals surface area contributed by atoms with Crippen molar-refractivity contribution in [2.24, 2.45) is 0 Å². The number of carbonyl (C=O) groups excluding carboxylic acids is 2. The molecule has 8 heteroatoms. The highest BCUT2D eigenvalue weighted by atomic mass is 127. The molecule has 2 aliphatic rings. The van der Waals surface area contributed by atoms with E-state index in [1.54, 1.807) is 21.2 Å². The number of β-amino-alcohol motifs (C(OH)–C–C–N with tert-alkyl or cyclic N) is 1. The van der Waals surface area contributed by atoms with Gasteiger partial charge < -0.3 is 20.1 Å². The van der Waals surface area contributed by atoms with Crippen LogP contribution in [0.4, 0.5) is 5.69 Å². The largest absolute Gasteiger partial charge is 0.496 e. The maximum atomic E-state index is 13.9. The maximum Gasteiger partial charge on any atom is 0.254 e. The molecule has 7 nitrogen and oxygen atoms in total. The van der Waals surface area contributed by atoms with E-state index >= 15 is 0 Å². The van der Waals surface area contributed by atoms with Gasteiger partial charge in [0, 0.05) is 41.0 Å². The van der Waals surface area contributed by atoms with Gasteiger partial charge in [-0.05, 0) is 66.3 Å². The van der Waals surface area contributed by atoms with Gasteiger partial charge in [-0.1, -0.05) is 11.6 Å². The zero-order chi connectivity index (χ0) is 22.5. The molecule has 3 atom stereocenters. The van der Waals surface area contributed by atoms with Crippen molar-refractivity contribution in [3.05, 3.63) is 56.7 Å². The van der Waals surface area contributed by atoms with Crippen LogP contribution < -0.4 is 10.1 Å². The fourth-order valence-electron chi connectivity index (χ4n) is 4.79. The predicted molar refractivity (Wildman–Crippen MR) is 126 cm³/mol. The van der Waals surface area contributed by atoms with Crippen LogP contribution >= 0.6 is 22.6 Å². The number of anilines is 1. The van der Waals surface area contributed by atoms with Gasteiger partial charge in [0.1, 0.15) is 5.75 Å². The van der Waals surface area contributed by atoms with Crippen LogP contribution in [0.5, 0.6) is 5.75 Å². The van der Waals surface area contributed by atoms with Gasteiger partial charge in [-0.3, -0.25) is 14.5 Å². The molecule has 31 heavy (non-hydrogen) atoms. The molecule has 1 fully saturated rings. The van der Waals surface area contributed by atoms with Crippen LogP contribution in [0.2, 0.25) is 0 Å². The summed E-state index contributed by atoms with van der Waals surface area (Å²) < 4.78 is 6.67. The molecule has 0 aromatic heterocycles. The number of benzene rings is 2. The summed E-state index contributed by atoms with van der Waals surface area (Å²) in [6.45, 7) is 2.15. The van der Waals surface area contributed by atoms with Crippen LogP contribution in [-0.2, 0) is 15.1 Å². The van der Waals surface area contributed by atoms with E-state index < -0.39 is 17.7 Å². The minimum absolute atomic E-state index is 0.144. The summed E-state index contributed by atoms with van der Waals surface area (Å²) in [6.07, 6.45) is -0.458. The van der Waals surface area contributed by atoms with Gasteiger partial charge in [0.25, 0.3) is 5.91 Å². The third kappa shape index (κ3) is 3.41. The maximum absolute atomic E-state index is 13.9. The molecule has 1 unspecified atom stereocenters. The number of aliphatic hydroxyl groups is 1. The second-order valence-electron chi connectivity index (χ2n) is 8.35. The van der Waals surface area contributed by atoms with Crippen LogP contribution in [0.1, 0.15) is 23.1 Å². The molecule has 2 N–H and O–H groups in total. The lowest BCUT2D eigenvalue weighted by Crippen LogP contribution is -2.57. The van der Waals surface area contributed by atoms with E-state index in [0.29, 0.717) is 17.0 Å². The number of hydrogen-bond donors (Lipinski definition) is 2. The molecule has 4 rings (SSSR count). The van der Waals surface area contributed by atoms with Gasteiger partial charge in [-0.25, -0.2) is 0 Å². The first-order valence-electron chi connectivity index (χ1n) is 10.1. The second-order valence-corrected chi connectivity index (χ2v) is 9.59. The zero-order valence-electron chi connectivity index (χ0n) is 18.0. The molecule has 1 saturated heterocycles. The van der Waals surface area contributed by atoms with Crippen molar-refractivity contribution in [1.29, 1.82) is 0 Å². The smallest absolute Gasteiger partial charge is 0.254 e. The van der Waals surface area contributed by atoms with Gasteiger partial charge >= 0.3 is 0 Å². The van der Waals surface area contributed by atoms with Crippen molar-refractivity contribution in [2.75, 3.05) is 33.1 Å². The first kappa shape index (κ1) is 22.0. The van der Waals surface area contributed by atoms with Crippen molar-refractivity contribution in [3.8, 4) is 5.75 Å². The third-order valence-electron chi connectivity index (χ3n) is 6.13. The number of halogens is 1. The molecular formula is C23H26IN3O4. The Morgan fingerprint density at radius 1 is 1.26 bits per heavy atom. The van der Waals surface area contributed by atoms with Crippen LogP contribution in [-0.4, -0.2) is 66.6 Å². The number of methoxy groups -OCH3 is 1. The van der Waals surface area contributed by atoms with Gasteiger partial charge in [0.15, 0.2) is 5.54 Å². The molecule has 0 radical (unpaired) electrons. The SMILES string of the molecule is COc1ccc(C)cc1C1(N2C[C@H](O)C[C@H]2C(=O)N(C)C)C(=O)Nc2ccc(I)cc21. The molecular weight excluding hydrogens is 509 g/mol. The Balaban J connectivity index is 2.05. The van der Waals surface area contributed by atoms with Gasteiger partial charge in [-0.15, -0.1) is 0 Å². The number of rotatable bonds is 4. The Morgan fingerprint density at radius 3 is 2.68 bits per heavy atom. The van der Waals surface area contributed by atoms with Crippen molar-refractivity contribution in [3.63, 3.8) is 0 Å². The summed E-state index contributed by atoms with van der Waals surface area (Å²) in [6, 6.07) is 10.9. The number of hydrogen-bond acceptors (Lipinski definition) is 5. The number of carbonyl (C=O) groups is 2. The highest BCUT2D eigenvalue weighted by Crippen LogP contribution is 2.51. The minimum Gasteiger partial charge on any atom is -0.496 e. The van der Waals surface area contributed by atoms with Crippen LogP contribution in [0.25, 0.3) is 0 Å². The van der Waals surface area contributed by atoms with Gasteiger partial charge in [0.05, 0.1) is 19.3 Å². The number of nitrogens with one attached hydrogen (secondary N) is 1. The number of ether oxygens (including phenoxy) is 1. The van der Waals surface area contributed by atoms with Crippen molar-refractivity contribution in [2.45, 2.75) is 31.0 Å². The van der Waals surface area contributed by atoms with E-state index in [4.69, 9.17) is 4.74 Å². The highest BCUT2D eigenvalue weighted by molar-refractivity contribution is 14.1. The standard InChI is InChI=1S/C23H26IN3O4/c1-13-5-8-20(31-4)17(9-13)23(16-10-14(24)6-7-18(16)25-22(23)30)27-12-15(28)11-19(27)21(29)26(2)3/h5-10,15,19,28H,11-12H2,1-4H3,(H,25,30)/t15-,19+,23?/m1/s1. The summed E-state index contributed by atoms with van der Waals surface area (Å²) in [5.41, 5.74) is 1.79. The summed E-state index contributed by atoms with van der Waals surface area (Å²) >= 11 is 2.22. The number of fused-ring (bicyclic) bond motifs is 1. The quantitative estimate of drug-likeness (QED) is 0.588. The van der Waals surface area contributed by atoms with Gasteiger partial charge in [-0.2, -0.15) is 0 Å². The Kier molecular flexibility index (Phi) is 5.74. The van der Waals surface area contributed by atoms with E-state index in [9.17, 15) is 14.7 Å². The molecule has 2 heterocycles. The average Bonchev–Trinajstić information content (AvgIpc) is 3.24. The Morgan fingerprint density at radius 2 is 2.00 bits per heavy atom. The second kappa shape index (κ2) is 8.07. The summed E-state index contributed by atoms with van der Waals surface area (Å²) in [7, 11) is 4.96. The predicted octanol–water partition coefficient (Wildman–Crippen LogP) is 2.33. The number of aryl methyl sites for hydroxylation is 1. The topological polar surface area (TPSA) is 82.1 Å². The van der Waals surface area contributed by atoms with E-state index in [2.05, 4.69) is 27.9 Å². The fraction of sp³-hybridized carbons (Fsp3) is 0.391. The highest BCUT2D eigenvalue weighted by Gasteiger charge is 2.59. The molecule has 2 aromatic rings. The lowest BCUT2D eigenvalue weighted by atomic mass is 9.80. The van der Waals surface area contributed by atoms with Crippen LogP contribution in [0.3, 0.4) is 0 Å². The van der Waals surface area contributed by atoms with Gasteiger partial charge in [0.2, 0.25) is 5.91 Å². The molecule has 0 spiro atoms. The van der Waals surface area contributed by atoms with Crippen molar-refractivity contribution >= 4 is 40.1 Å². The minimum atomic E-state index is -1.30. The first-order chi connectivity index (χ1) is 14.7. The number of likely N-dealkylation sites (tertiary alicyclic amines) is 1. The molecule has 0 saturated carbocycles. The molecule has 0 aliphatic carbocycles. The summed E-state index contributed by atoms with van der Waals surface area (Å²) in [4.78, 5) is 30.4. The molecule has 164 valence electrons. The zero-order valence-corrected chi connectivity index (χ0v) is 20.1. The number of likely N-dealkylation sites (N-methyl/N-ethyl adjacent to an activating group) is 1. The van der Waals surface area contributed by atoms with Crippen LogP contribution in [0.15, 0.2) is 36.4 Å². The summed E-state index contributed by atoms with van der Waals surface area (Å²) in [5.74, 6) is 0.165. The van der Waals surface area contributed by atoms with Crippen LogP contribution in [0, 0.1) is 10.5 Å². The Labute approximate surface area is 195 Å². The lowest BCUT2D eigenvalue weighted by Gasteiger charge is -2.41. The molecule has 2 aliphatic heterocycles. The Hall–Kier alpha value is -2.17. The normalized spacial score (nSPS) is 25.3. The van der Waals surface area contributed by atoms with E-state index in [0.717, 1.165) is 14.7 Å². The molecule has 0 bridgehead atoms. The molecule has 2 aromatic carbocycles. The monoisotopic (exact) mass is 535 g/mol. The number of aliphatic hydroxyl groups excluding tert-OH is 1. The van der Waals surface area contributed by atoms with E-state index in [-0.39, 0.29) is 24.8 Å². The van der Waals surface area contributed by atoms with E-state index in [1.165, 1.54) is 4.90 Å². The lowest BCUT2D eigenvalue weighted by molar-refractivity contribution is -0.138. The van der Waals surface area contributed by atoms with E-state index in [1.807, 2.05) is 48.2 Å². The summed E-state index contributed by atoms with van der Waals surface area (Å²) in [5, 5.41) is 13.6.